The summed E-state index contributed by atoms with van der Waals surface area (Å²) in [6.45, 7) is 8.20. The standard InChI is InChI=1S/C13H20O/c1-10-8-13(9-11(10)2)7-5-4-6-12(13)14-3/h12H,1-2,4-9H2,3H3. The first-order valence-corrected chi connectivity index (χ1v) is 5.57. The van der Waals surface area contributed by atoms with Gasteiger partial charge < -0.3 is 4.74 Å². The number of methoxy groups -OCH3 is 1. The van der Waals surface area contributed by atoms with Crippen molar-refractivity contribution in [1.82, 2.24) is 0 Å². The average molecular weight is 192 g/mol. The highest BCUT2D eigenvalue weighted by atomic mass is 16.5. The van der Waals surface area contributed by atoms with E-state index in [-0.39, 0.29) is 0 Å². The first-order valence-electron chi connectivity index (χ1n) is 5.57. The van der Waals surface area contributed by atoms with Gasteiger partial charge in [0.15, 0.2) is 0 Å². The molecule has 2 fully saturated rings. The molecular formula is C13H20O. The molecule has 0 bridgehead atoms. The van der Waals surface area contributed by atoms with Gasteiger partial charge >= 0.3 is 0 Å². The second kappa shape index (κ2) is 3.54. The summed E-state index contributed by atoms with van der Waals surface area (Å²) in [4.78, 5) is 0. The smallest absolute Gasteiger partial charge is 0.0633 e. The van der Waals surface area contributed by atoms with Crippen molar-refractivity contribution in [2.45, 2.75) is 44.6 Å². The summed E-state index contributed by atoms with van der Waals surface area (Å²) in [6.07, 6.45) is 7.85. The molecule has 14 heavy (non-hydrogen) atoms. The molecule has 2 aliphatic carbocycles. The van der Waals surface area contributed by atoms with Crippen molar-refractivity contribution in [2.75, 3.05) is 7.11 Å². The summed E-state index contributed by atoms with van der Waals surface area (Å²) in [5.41, 5.74) is 2.88. The topological polar surface area (TPSA) is 9.23 Å². The van der Waals surface area contributed by atoms with Gasteiger partial charge in [-0.05, 0) is 25.7 Å². The van der Waals surface area contributed by atoms with Crippen LogP contribution in [0, 0.1) is 5.41 Å². The van der Waals surface area contributed by atoms with Crippen LogP contribution < -0.4 is 0 Å². The minimum atomic E-state index is 0.362. The lowest BCUT2D eigenvalue weighted by atomic mass is 9.70. The highest BCUT2D eigenvalue weighted by Gasteiger charge is 2.45. The van der Waals surface area contributed by atoms with Crippen molar-refractivity contribution in [3.63, 3.8) is 0 Å². The lowest BCUT2D eigenvalue weighted by molar-refractivity contribution is -0.0358. The van der Waals surface area contributed by atoms with E-state index < -0.39 is 0 Å². The van der Waals surface area contributed by atoms with Crippen LogP contribution in [0.4, 0.5) is 0 Å². The molecule has 1 atom stereocenters. The molecule has 0 aromatic heterocycles. The van der Waals surface area contributed by atoms with E-state index in [0.717, 1.165) is 12.8 Å². The van der Waals surface area contributed by atoms with E-state index in [2.05, 4.69) is 13.2 Å². The largest absolute Gasteiger partial charge is 0.381 e. The lowest BCUT2D eigenvalue weighted by Crippen LogP contribution is -2.37. The van der Waals surface area contributed by atoms with Crippen LogP contribution in [-0.2, 0) is 4.74 Å². The van der Waals surface area contributed by atoms with Crippen LogP contribution >= 0.6 is 0 Å². The Kier molecular flexibility index (Phi) is 2.52. The van der Waals surface area contributed by atoms with Gasteiger partial charge in [-0.15, -0.1) is 0 Å². The molecule has 2 rings (SSSR count). The third-order valence-corrected chi connectivity index (χ3v) is 3.99. The van der Waals surface area contributed by atoms with E-state index in [0.29, 0.717) is 11.5 Å². The lowest BCUT2D eigenvalue weighted by Gasteiger charge is -2.40. The maximum Gasteiger partial charge on any atom is 0.0633 e. The van der Waals surface area contributed by atoms with Gasteiger partial charge in [-0.1, -0.05) is 37.1 Å². The first-order chi connectivity index (χ1) is 6.68. The predicted molar refractivity (Wildman–Crippen MR) is 59.2 cm³/mol. The van der Waals surface area contributed by atoms with Gasteiger partial charge in [0.05, 0.1) is 6.10 Å². The van der Waals surface area contributed by atoms with Gasteiger partial charge in [-0.25, -0.2) is 0 Å². The summed E-state index contributed by atoms with van der Waals surface area (Å²) in [7, 11) is 1.85. The van der Waals surface area contributed by atoms with Crippen molar-refractivity contribution < 1.29 is 4.74 Å². The number of hydrogen-bond donors (Lipinski definition) is 0. The minimum Gasteiger partial charge on any atom is -0.381 e. The SMILES string of the molecule is C=C1CC2(CCCCC2OC)CC1=C. The zero-order valence-corrected chi connectivity index (χ0v) is 9.14. The monoisotopic (exact) mass is 192 g/mol. The fourth-order valence-corrected chi connectivity index (χ4v) is 3.21. The van der Waals surface area contributed by atoms with Gasteiger partial charge in [0.1, 0.15) is 0 Å². The van der Waals surface area contributed by atoms with E-state index in [1.54, 1.807) is 0 Å². The molecule has 78 valence electrons. The Labute approximate surface area is 86.8 Å². The molecule has 0 amide bonds. The molecule has 2 aliphatic rings. The number of allylic oxidation sites excluding steroid dienone is 2. The molecule has 1 spiro atoms. The van der Waals surface area contributed by atoms with Gasteiger partial charge in [-0.2, -0.15) is 0 Å². The Balaban J connectivity index is 2.20. The minimum absolute atomic E-state index is 0.362. The molecule has 0 aromatic carbocycles. The number of rotatable bonds is 1. The van der Waals surface area contributed by atoms with Crippen molar-refractivity contribution in [1.29, 1.82) is 0 Å². The predicted octanol–water partition coefficient (Wildman–Crippen LogP) is 3.47. The molecule has 0 heterocycles. The second-order valence-electron chi connectivity index (χ2n) is 4.89. The van der Waals surface area contributed by atoms with Crippen molar-refractivity contribution in [2.24, 2.45) is 5.41 Å². The molecule has 1 nitrogen and oxygen atoms in total. The van der Waals surface area contributed by atoms with Crippen molar-refractivity contribution in [3.05, 3.63) is 24.3 Å². The van der Waals surface area contributed by atoms with E-state index >= 15 is 0 Å². The van der Waals surface area contributed by atoms with E-state index in [1.165, 1.54) is 36.8 Å². The Morgan fingerprint density at radius 2 is 1.86 bits per heavy atom. The van der Waals surface area contributed by atoms with Crippen molar-refractivity contribution in [3.8, 4) is 0 Å². The van der Waals surface area contributed by atoms with E-state index in [4.69, 9.17) is 4.74 Å². The maximum atomic E-state index is 5.64. The molecule has 1 unspecified atom stereocenters. The van der Waals surface area contributed by atoms with Crippen LogP contribution in [0.2, 0.25) is 0 Å². The van der Waals surface area contributed by atoms with E-state index in [9.17, 15) is 0 Å². The van der Waals surface area contributed by atoms with E-state index in [1.807, 2.05) is 7.11 Å². The zero-order valence-electron chi connectivity index (χ0n) is 9.14. The normalized spacial score (nSPS) is 31.4. The summed E-state index contributed by atoms with van der Waals surface area (Å²) in [5.74, 6) is 0. The Morgan fingerprint density at radius 1 is 1.21 bits per heavy atom. The van der Waals surface area contributed by atoms with Gasteiger partial charge in [0.25, 0.3) is 0 Å². The summed E-state index contributed by atoms with van der Waals surface area (Å²) < 4.78 is 5.64. The van der Waals surface area contributed by atoms with Crippen molar-refractivity contribution >= 4 is 0 Å². The molecule has 1 heteroatoms. The van der Waals surface area contributed by atoms with Crippen LogP contribution in [0.5, 0.6) is 0 Å². The Bertz CT molecular complexity index is 248. The van der Waals surface area contributed by atoms with Gasteiger partial charge in [0.2, 0.25) is 0 Å². The Morgan fingerprint density at radius 3 is 2.43 bits per heavy atom. The molecule has 0 aliphatic heterocycles. The maximum absolute atomic E-state index is 5.64. The quantitative estimate of drug-likeness (QED) is 0.618. The fraction of sp³-hybridized carbons (Fsp3) is 0.692. The third-order valence-electron chi connectivity index (χ3n) is 3.99. The molecule has 0 N–H and O–H groups in total. The molecule has 0 aromatic rings. The Hall–Kier alpha value is -0.560. The molecule has 2 saturated carbocycles. The highest BCUT2D eigenvalue weighted by molar-refractivity contribution is 5.34. The van der Waals surface area contributed by atoms with Gasteiger partial charge in [0, 0.05) is 12.5 Å². The van der Waals surface area contributed by atoms with Crippen LogP contribution in [0.3, 0.4) is 0 Å². The summed E-state index contributed by atoms with van der Waals surface area (Å²) in [6, 6.07) is 0. The van der Waals surface area contributed by atoms with Crippen LogP contribution in [0.15, 0.2) is 24.3 Å². The number of hydrogen-bond acceptors (Lipinski definition) is 1. The summed E-state index contributed by atoms with van der Waals surface area (Å²) >= 11 is 0. The molecular weight excluding hydrogens is 172 g/mol. The molecule has 0 saturated heterocycles. The van der Waals surface area contributed by atoms with Crippen LogP contribution in [0.25, 0.3) is 0 Å². The van der Waals surface area contributed by atoms with Crippen LogP contribution in [-0.4, -0.2) is 13.2 Å². The number of ether oxygens (including phenoxy) is 1. The van der Waals surface area contributed by atoms with Crippen LogP contribution in [0.1, 0.15) is 38.5 Å². The van der Waals surface area contributed by atoms with Gasteiger partial charge in [-0.3, -0.25) is 0 Å². The second-order valence-corrected chi connectivity index (χ2v) is 4.89. The average Bonchev–Trinajstić information content (AvgIpc) is 2.44. The fourth-order valence-electron chi connectivity index (χ4n) is 3.21. The zero-order chi connectivity index (χ0) is 10.2. The first kappa shape index (κ1) is 9.97. The third kappa shape index (κ3) is 1.44. The molecule has 0 radical (unpaired) electrons. The summed E-state index contributed by atoms with van der Waals surface area (Å²) in [5, 5.41) is 0. The highest BCUT2D eigenvalue weighted by Crippen LogP contribution is 2.53.